The highest BCUT2D eigenvalue weighted by Gasteiger charge is 2.35. The lowest BCUT2D eigenvalue weighted by Crippen LogP contribution is -2.60. The molecule has 1 fully saturated rings. The molecule has 5 heterocycles. The maximum atomic E-state index is 10.9. The first-order chi connectivity index (χ1) is 17.2. The predicted molar refractivity (Wildman–Crippen MR) is 141 cm³/mol. The van der Waals surface area contributed by atoms with Crippen molar-refractivity contribution in [3.63, 3.8) is 0 Å². The lowest BCUT2D eigenvalue weighted by Gasteiger charge is -2.49. The molecular formula is C29H32N4O2. The van der Waals surface area contributed by atoms with Gasteiger partial charge in [0, 0.05) is 65.6 Å². The Morgan fingerprint density at radius 3 is 2.80 bits per heavy atom. The smallest absolute Gasteiger partial charge is 0.128 e. The van der Waals surface area contributed by atoms with Crippen LogP contribution < -0.4 is 9.64 Å². The first-order valence-corrected chi connectivity index (χ1v) is 12.5. The summed E-state index contributed by atoms with van der Waals surface area (Å²) >= 11 is 0. The molecule has 4 aromatic rings. The SMILES string of the molecule is Cc1cc2c(OC[C@@H](O)CN3C[C@@H]4C/C=C\C[C@H]3CN4c3cccc4ncccc34)cccc2[nH]1. The summed E-state index contributed by atoms with van der Waals surface area (Å²) < 4.78 is 6.08. The number of piperazine rings is 1. The Bertz CT molecular complexity index is 1360. The van der Waals surface area contributed by atoms with Crippen LogP contribution in [0.3, 0.4) is 0 Å². The number of hydrogen-bond donors (Lipinski definition) is 2. The van der Waals surface area contributed by atoms with Crippen molar-refractivity contribution < 1.29 is 9.84 Å². The first-order valence-electron chi connectivity index (χ1n) is 12.5. The maximum Gasteiger partial charge on any atom is 0.128 e. The fourth-order valence-electron chi connectivity index (χ4n) is 5.70. The average molecular weight is 469 g/mol. The molecule has 0 unspecified atom stereocenters. The van der Waals surface area contributed by atoms with Gasteiger partial charge in [0.05, 0.1) is 5.52 Å². The van der Waals surface area contributed by atoms with E-state index >= 15 is 0 Å². The van der Waals surface area contributed by atoms with Crippen LogP contribution in [-0.2, 0) is 0 Å². The molecule has 7 rings (SSSR count). The summed E-state index contributed by atoms with van der Waals surface area (Å²) in [6, 6.07) is 19.4. The van der Waals surface area contributed by atoms with Gasteiger partial charge in [0.1, 0.15) is 18.5 Å². The van der Waals surface area contributed by atoms with E-state index in [1.807, 2.05) is 37.4 Å². The fraction of sp³-hybridized carbons (Fsp3) is 0.345. The van der Waals surface area contributed by atoms with Crippen LogP contribution in [0.15, 0.2) is 72.9 Å². The van der Waals surface area contributed by atoms with Gasteiger partial charge in [-0.25, -0.2) is 0 Å². The average Bonchev–Trinajstić information content (AvgIpc) is 3.24. The molecule has 6 nitrogen and oxygen atoms in total. The van der Waals surface area contributed by atoms with Gasteiger partial charge in [0.15, 0.2) is 0 Å². The van der Waals surface area contributed by atoms with E-state index in [9.17, 15) is 5.11 Å². The van der Waals surface area contributed by atoms with E-state index in [0.29, 0.717) is 18.6 Å². The number of H-pyrrole nitrogens is 1. The molecule has 0 aliphatic carbocycles. The van der Waals surface area contributed by atoms with Crippen molar-refractivity contribution in [2.24, 2.45) is 0 Å². The van der Waals surface area contributed by atoms with Crippen molar-refractivity contribution in [3.05, 3.63) is 78.6 Å². The Morgan fingerprint density at radius 2 is 1.89 bits per heavy atom. The van der Waals surface area contributed by atoms with E-state index in [0.717, 1.165) is 53.8 Å². The van der Waals surface area contributed by atoms with Crippen molar-refractivity contribution in [1.29, 1.82) is 0 Å². The molecule has 180 valence electrons. The minimum atomic E-state index is -0.551. The highest BCUT2D eigenvalue weighted by atomic mass is 16.5. The third-order valence-electron chi connectivity index (χ3n) is 7.36. The number of rotatable bonds is 6. The van der Waals surface area contributed by atoms with E-state index in [-0.39, 0.29) is 6.61 Å². The molecule has 0 radical (unpaired) electrons. The van der Waals surface area contributed by atoms with Gasteiger partial charge < -0.3 is 19.7 Å². The van der Waals surface area contributed by atoms with Gasteiger partial charge in [-0.2, -0.15) is 0 Å². The summed E-state index contributed by atoms with van der Waals surface area (Å²) in [7, 11) is 0. The van der Waals surface area contributed by atoms with Gasteiger partial charge in [-0.15, -0.1) is 0 Å². The van der Waals surface area contributed by atoms with Gasteiger partial charge >= 0.3 is 0 Å². The second-order valence-electron chi connectivity index (χ2n) is 9.84. The van der Waals surface area contributed by atoms with Crippen LogP contribution in [0.2, 0.25) is 0 Å². The predicted octanol–water partition coefficient (Wildman–Crippen LogP) is 4.67. The van der Waals surface area contributed by atoms with Gasteiger partial charge in [-0.05, 0) is 62.2 Å². The molecule has 0 amide bonds. The minimum Gasteiger partial charge on any atom is -0.490 e. The Kier molecular flexibility index (Phi) is 5.92. The lowest BCUT2D eigenvalue weighted by molar-refractivity contribution is 0.0409. The summed E-state index contributed by atoms with van der Waals surface area (Å²) in [6.07, 6.45) is 7.93. The van der Waals surface area contributed by atoms with Crippen molar-refractivity contribution in [1.82, 2.24) is 14.9 Å². The Morgan fingerprint density at radius 1 is 1.03 bits per heavy atom. The zero-order valence-corrected chi connectivity index (χ0v) is 20.1. The normalized spacial score (nSPS) is 22.3. The van der Waals surface area contributed by atoms with Crippen LogP contribution in [0, 0.1) is 6.92 Å². The molecule has 0 saturated carbocycles. The Hall–Kier alpha value is -3.35. The van der Waals surface area contributed by atoms with Crippen LogP contribution >= 0.6 is 0 Å². The number of aliphatic hydroxyl groups excluding tert-OH is 1. The summed E-state index contributed by atoms with van der Waals surface area (Å²) in [4.78, 5) is 12.9. The maximum absolute atomic E-state index is 10.9. The van der Waals surface area contributed by atoms with E-state index in [2.05, 4.69) is 62.3 Å². The molecule has 3 atom stereocenters. The zero-order valence-electron chi connectivity index (χ0n) is 20.1. The third-order valence-corrected chi connectivity index (χ3v) is 7.36. The second-order valence-corrected chi connectivity index (χ2v) is 9.84. The van der Waals surface area contributed by atoms with E-state index in [1.165, 1.54) is 11.1 Å². The number of aromatic nitrogens is 2. The van der Waals surface area contributed by atoms with Crippen LogP contribution in [-0.4, -0.2) is 64.4 Å². The van der Waals surface area contributed by atoms with E-state index < -0.39 is 6.10 Å². The number of hydrogen-bond acceptors (Lipinski definition) is 5. The molecule has 3 aliphatic heterocycles. The van der Waals surface area contributed by atoms with Crippen LogP contribution in [0.25, 0.3) is 21.8 Å². The number of nitrogens with zero attached hydrogens (tertiary/aromatic N) is 3. The molecule has 35 heavy (non-hydrogen) atoms. The van der Waals surface area contributed by atoms with Gasteiger partial charge in [-0.1, -0.05) is 24.3 Å². The summed E-state index contributed by atoms with van der Waals surface area (Å²) in [5.41, 5.74) is 4.47. The van der Waals surface area contributed by atoms with Crippen molar-refractivity contribution in [2.75, 3.05) is 31.1 Å². The molecule has 0 spiro atoms. The molecular weight excluding hydrogens is 436 g/mol. The van der Waals surface area contributed by atoms with Crippen molar-refractivity contribution >= 4 is 27.5 Å². The topological polar surface area (TPSA) is 64.6 Å². The number of anilines is 1. The van der Waals surface area contributed by atoms with Crippen LogP contribution in [0.1, 0.15) is 18.5 Å². The van der Waals surface area contributed by atoms with Gasteiger partial charge in [-0.3, -0.25) is 9.88 Å². The highest BCUT2D eigenvalue weighted by molar-refractivity contribution is 5.92. The highest BCUT2D eigenvalue weighted by Crippen LogP contribution is 2.33. The van der Waals surface area contributed by atoms with E-state index in [4.69, 9.17) is 4.74 Å². The van der Waals surface area contributed by atoms with Crippen LogP contribution in [0.4, 0.5) is 5.69 Å². The number of ether oxygens (including phenoxy) is 1. The molecule has 6 heteroatoms. The quantitative estimate of drug-likeness (QED) is 0.403. The second kappa shape index (κ2) is 9.36. The minimum absolute atomic E-state index is 0.284. The van der Waals surface area contributed by atoms with E-state index in [1.54, 1.807) is 0 Å². The Labute approximate surface area is 205 Å². The number of aliphatic hydroxyl groups is 1. The van der Waals surface area contributed by atoms with Crippen molar-refractivity contribution in [2.45, 2.75) is 38.0 Å². The summed E-state index contributed by atoms with van der Waals surface area (Å²) in [5, 5.41) is 13.2. The molecule has 2 aromatic carbocycles. The number of nitrogens with one attached hydrogen (secondary N) is 1. The monoisotopic (exact) mass is 468 g/mol. The van der Waals surface area contributed by atoms with Crippen LogP contribution in [0.5, 0.6) is 5.75 Å². The van der Waals surface area contributed by atoms with Crippen molar-refractivity contribution in [3.8, 4) is 5.75 Å². The third kappa shape index (κ3) is 4.40. The largest absolute Gasteiger partial charge is 0.490 e. The molecule has 3 aliphatic rings. The standard InChI is InChI=1S/C29H32N4O2/c1-20-15-25-27(31-20)11-5-13-29(25)35-19-23(34)18-32-16-22-8-3-2-7-21(32)17-33(22)28-12-4-10-26-24(28)9-6-14-30-26/h2-6,9-15,21-23,31,34H,7-8,16-19H2,1H3/b3-2-/t21-,22-,23-/m0/s1. The zero-order chi connectivity index (χ0) is 23.8. The lowest BCUT2D eigenvalue weighted by atomic mass is 9.95. The first kappa shape index (κ1) is 22.1. The molecule has 1 saturated heterocycles. The molecule has 2 N–H and O–H groups in total. The number of pyridine rings is 1. The number of benzene rings is 2. The Balaban J connectivity index is 1.16. The fourth-order valence-corrected chi connectivity index (χ4v) is 5.70. The molecule has 2 bridgehead atoms. The number of aryl methyl sites for hydroxylation is 1. The summed E-state index contributed by atoms with van der Waals surface area (Å²) in [6.45, 7) is 4.81. The summed E-state index contributed by atoms with van der Waals surface area (Å²) in [5.74, 6) is 0.818. The number of fused-ring (bicyclic) bond motifs is 6. The number of aromatic amines is 1. The molecule has 2 aromatic heterocycles. The van der Waals surface area contributed by atoms with Gasteiger partial charge in [0.2, 0.25) is 0 Å². The van der Waals surface area contributed by atoms with Gasteiger partial charge in [0.25, 0.3) is 0 Å².